The van der Waals surface area contributed by atoms with Crippen molar-refractivity contribution in [3.8, 4) is 23.3 Å². The predicted molar refractivity (Wildman–Crippen MR) is 189 cm³/mol. The highest BCUT2D eigenvalue weighted by Gasteiger charge is 2.45. The topological polar surface area (TPSA) is 184 Å². The number of halogens is 3. The monoisotopic (exact) mass is 777 g/mol. The van der Waals surface area contributed by atoms with Gasteiger partial charge in [0.1, 0.15) is 11.8 Å². The Morgan fingerprint density at radius 3 is 2.49 bits per heavy atom. The van der Waals surface area contributed by atoms with Gasteiger partial charge < -0.3 is 19.5 Å². The SMILES string of the molecule is COc1cc(/C=C2\SC(=O)N(CCCOCCNc3cccc4c3C(=O)N(C3CCC(=O)NC3=O)C4=O)C2=O)ccc1Oc1ccc(C#N)cc1C(F)(F)F. The van der Waals surface area contributed by atoms with Gasteiger partial charge in [-0.05, 0) is 78.7 Å². The van der Waals surface area contributed by atoms with Crippen LogP contribution in [0.5, 0.6) is 17.2 Å². The highest BCUT2D eigenvalue weighted by atomic mass is 32.2. The molecule has 284 valence electrons. The van der Waals surface area contributed by atoms with Crippen LogP contribution in [0.1, 0.15) is 56.7 Å². The van der Waals surface area contributed by atoms with Crippen LogP contribution in [-0.2, 0) is 25.3 Å². The lowest BCUT2D eigenvalue weighted by Crippen LogP contribution is -2.54. The van der Waals surface area contributed by atoms with E-state index in [0.717, 1.165) is 27.6 Å². The minimum atomic E-state index is -4.79. The Morgan fingerprint density at radius 2 is 1.76 bits per heavy atom. The molecule has 3 heterocycles. The summed E-state index contributed by atoms with van der Waals surface area (Å²) in [5.74, 6) is -3.49. The Morgan fingerprint density at radius 1 is 0.982 bits per heavy atom. The molecule has 3 aromatic rings. The molecule has 3 aliphatic heterocycles. The number of benzene rings is 3. The molecule has 2 fully saturated rings. The summed E-state index contributed by atoms with van der Waals surface area (Å²) in [5, 5.41) is 13.7. The predicted octanol–water partition coefficient (Wildman–Crippen LogP) is 5.33. The number of ether oxygens (including phenoxy) is 3. The zero-order valence-electron chi connectivity index (χ0n) is 28.9. The molecule has 0 bridgehead atoms. The number of amides is 6. The normalized spacial score (nSPS) is 17.8. The zero-order chi connectivity index (χ0) is 39.4. The van der Waals surface area contributed by atoms with Gasteiger partial charge in [-0.1, -0.05) is 12.1 Å². The van der Waals surface area contributed by atoms with Crippen molar-refractivity contribution >= 4 is 58.3 Å². The number of nitriles is 1. The van der Waals surface area contributed by atoms with E-state index in [1.54, 1.807) is 18.2 Å². The number of hydrogen-bond donors (Lipinski definition) is 2. The summed E-state index contributed by atoms with van der Waals surface area (Å²) >= 11 is 0.726. The Kier molecular flexibility index (Phi) is 11.2. The standard InChI is InChI=1S/C37H30F3N5O9S/c1-52-28-17-20(6-10-27(28)54-26-9-7-21(19-41)16-23(26)37(38,39)40)18-29-34(49)44(36(51)55-29)13-3-14-53-15-12-42-24-5-2-4-22-31(24)35(50)45(33(22)48)25-8-11-30(46)43-32(25)47/h2,4-7,9-10,16-18,25,42H,3,8,11-15H2,1H3,(H,43,46,47)/b29-18-. The first kappa shape index (κ1) is 38.5. The first-order valence-electron chi connectivity index (χ1n) is 16.7. The maximum absolute atomic E-state index is 13.6. The summed E-state index contributed by atoms with van der Waals surface area (Å²) in [6.45, 7) is 0.667. The summed E-state index contributed by atoms with van der Waals surface area (Å²) in [5.41, 5.74) is -0.275. The molecule has 55 heavy (non-hydrogen) atoms. The fraction of sp³-hybridized carbons (Fsp3) is 0.270. The number of nitrogens with one attached hydrogen (secondary N) is 2. The largest absolute Gasteiger partial charge is 0.493 e. The molecule has 3 aromatic carbocycles. The number of rotatable bonds is 13. The smallest absolute Gasteiger partial charge is 0.420 e. The van der Waals surface area contributed by atoms with Gasteiger partial charge in [0.25, 0.3) is 23.0 Å². The highest BCUT2D eigenvalue weighted by molar-refractivity contribution is 8.18. The van der Waals surface area contributed by atoms with E-state index in [0.29, 0.717) is 23.7 Å². The summed E-state index contributed by atoms with van der Waals surface area (Å²) in [6.07, 6.45) is -2.97. The molecule has 1 atom stereocenters. The second-order valence-corrected chi connectivity index (χ2v) is 13.2. The second kappa shape index (κ2) is 16.0. The summed E-state index contributed by atoms with van der Waals surface area (Å²) in [4.78, 5) is 78.0. The summed E-state index contributed by atoms with van der Waals surface area (Å²) in [6, 6.07) is 12.5. The molecular weight excluding hydrogens is 747 g/mol. The van der Waals surface area contributed by atoms with Crippen molar-refractivity contribution < 1.29 is 56.1 Å². The third-order valence-electron chi connectivity index (χ3n) is 8.69. The molecule has 0 aromatic heterocycles. The van der Waals surface area contributed by atoms with Crippen LogP contribution in [-0.4, -0.2) is 84.0 Å². The van der Waals surface area contributed by atoms with Crippen LogP contribution in [0.25, 0.3) is 6.08 Å². The number of carbonyl (C=O) groups is 6. The number of hydrogen-bond acceptors (Lipinski definition) is 12. The molecule has 3 aliphatic rings. The van der Waals surface area contributed by atoms with Crippen LogP contribution in [0, 0.1) is 11.3 Å². The Balaban J connectivity index is 0.991. The maximum atomic E-state index is 13.6. The van der Waals surface area contributed by atoms with Gasteiger partial charge in [-0.15, -0.1) is 0 Å². The molecule has 0 radical (unpaired) electrons. The van der Waals surface area contributed by atoms with Gasteiger partial charge in [-0.3, -0.25) is 43.9 Å². The van der Waals surface area contributed by atoms with Gasteiger partial charge in [-0.2, -0.15) is 18.4 Å². The zero-order valence-corrected chi connectivity index (χ0v) is 29.7. The lowest BCUT2D eigenvalue weighted by atomic mass is 10.0. The number of alkyl halides is 3. The molecule has 0 aliphatic carbocycles. The van der Waals surface area contributed by atoms with E-state index in [9.17, 15) is 41.9 Å². The molecule has 2 N–H and O–H groups in total. The van der Waals surface area contributed by atoms with Crippen molar-refractivity contribution in [3.63, 3.8) is 0 Å². The van der Waals surface area contributed by atoms with Crippen LogP contribution in [0.4, 0.5) is 23.7 Å². The molecule has 6 amide bonds. The van der Waals surface area contributed by atoms with Gasteiger partial charge in [-0.25, -0.2) is 0 Å². The number of carbonyl (C=O) groups excluding carboxylic acids is 6. The number of fused-ring (bicyclic) bond motifs is 1. The van der Waals surface area contributed by atoms with E-state index in [1.807, 2.05) is 0 Å². The molecule has 6 rings (SSSR count). The third kappa shape index (κ3) is 8.17. The Hall–Kier alpha value is -6.19. The minimum absolute atomic E-state index is 0.00883. The number of nitrogens with zero attached hydrogens (tertiary/aromatic N) is 3. The van der Waals surface area contributed by atoms with Gasteiger partial charge in [0, 0.05) is 31.8 Å². The average Bonchev–Trinajstić information content (AvgIpc) is 3.57. The first-order valence-corrected chi connectivity index (χ1v) is 17.5. The van der Waals surface area contributed by atoms with E-state index >= 15 is 0 Å². The van der Waals surface area contributed by atoms with Gasteiger partial charge >= 0.3 is 6.18 Å². The lowest BCUT2D eigenvalue weighted by Gasteiger charge is -2.27. The summed E-state index contributed by atoms with van der Waals surface area (Å²) < 4.78 is 57.4. The molecule has 0 saturated carbocycles. The van der Waals surface area contributed by atoms with Crippen molar-refractivity contribution in [3.05, 3.63) is 87.3 Å². The first-order chi connectivity index (χ1) is 26.3. The van der Waals surface area contributed by atoms with Crippen LogP contribution in [0.3, 0.4) is 0 Å². The maximum Gasteiger partial charge on any atom is 0.420 e. The number of imide groups is 3. The molecule has 2 saturated heterocycles. The van der Waals surface area contributed by atoms with Crippen LogP contribution >= 0.6 is 11.8 Å². The van der Waals surface area contributed by atoms with Crippen molar-refractivity contribution in [2.24, 2.45) is 0 Å². The van der Waals surface area contributed by atoms with Crippen molar-refractivity contribution in [1.29, 1.82) is 5.26 Å². The van der Waals surface area contributed by atoms with Crippen molar-refractivity contribution in [1.82, 2.24) is 15.1 Å². The van der Waals surface area contributed by atoms with Gasteiger partial charge in [0.15, 0.2) is 11.5 Å². The van der Waals surface area contributed by atoms with E-state index in [-0.39, 0.29) is 72.2 Å². The van der Waals surface area contributed by atoms with Crippen molar-refractivity contribution in [2.75, 3.05) is 38.7 Å². The van der Waals surface area contributed by atoms with Crippen LogP contribution in [0.2, 0.25) is 0 Å². The summed E-state index contributed by atoms with van der Waals surface area (Å²) in [7, 11) is 1.29. The number of methoxy groups -OCH3 is 1. The Labute approximate surface area is 315 Å². The number of piperidine rings is 1. The van der Waals surface area contributed by atoms with E-state index in [1.165, 1.54) is 43.5 Å². The quantitative estimate of drug-likeness (QED) is 0.129. The molecule has 18 heteroatoms. The Bertz CT molecular complexity index is 2190. The minimum Gasteiger partial charge on any atom is -0.493 e. The fourth-order valence-electron chi connectivity index (χ4n) is 6.08. The fourth-order valence-corrected chi connectivity index (χ4v) is 6.94. The van der Waals surface area contributed by atoms with Gasteiger partial charge in [0.2, 0.25) is 11.8 Å². The number of anilines is 1. The van der Waals surface area contributed by atoms with E-state index in [4.69, 9.17) is 19.5 Å². The number of thioether (sulfide) groups is 1. The third-order valence-corrected chi connectivity index (χ3v) is 9.60. The second-order valence-electron chi connectivity index (χ2n) is 12.2. The van der Waals surface area contributed by atoms with E-state index < -0.39 is 58.3 Å². The molecule has 14 nitrogen and oxygen atoms in total. The average molecular weight is 778 g/mol. The van der Waals surface area contributed by atoms with E-state index in [2.05, 4.69) is 10.6 Å². The molecule has 1 unspecified atom stereocenters. The van der Waals surface area contributed by atoms with Crippen molar-refractivity contribution in [2.45, 2.75) is 31.5 Å². The van der Waals surface area contributed by atoms with Crippen LogP contribution in [0.15, 0.2) is 59.5 Å². The molecule has 0 spiro atoms. The van der Waals surface area contributed by atoms with Crippen LogP contribution < -0.4 is 20.1 Å². The van der Waals surface area contributed by atoms with Gasteiger partial charge in [0.05, 0.1) is 46.9 Å². The molecular formula is C37H30F3N5O9S. The highest BCUT2D eigenvalue weighted by Crippen LogP contribution is 2.42. The lowest BCUT2D eigenvalue weighted by molar-refractivity contribution is -0.139.